The SMILES string of the molecule is COc1ccc(NC(=O)NC(C)CC(=O)O)cc1Br. The molecule has 0 radical (unpaired) electrons. The number of benzene rings is 1. The summed E-state index contributed by atoms with van der Waals surface area (Å²) in [5.41, 5.74) is 0.577. The first-order valence-electron chi connectivity index (χ1n) is 5.55. The Balaban J connectivity index is 2.57. The maximum atomic E-state index is 11.6. The summed E-state index contributed by atoms with van der Waals surface area (Å²) in [6.45, 7) is 1.62. The molecule has 2 amide bonds. The van der Waals surface area contributed by atoms with Crippen LogP contribution in [0, 0.1) is 0 Å². The van der Waals surface area contributed by atoms with Crippen LogP contribution in [0.15, 0.2) is 22.7 Å². The summed E-state index contributed by atoms with van der Waals surface area (Å²) in [4.78, 5) is 22.1. The molecule has 1 aromatic carbocycles. The molecule has 1 atom stereocenters. The number of hydrogen-bond donors (Lipinski definition) is 3. The average molecular weight is 331 g/mol. The number of carbonyl (C=O) groups is 2. The molecular formula is C12H15BrN2O4. The molecule has 19 heavy (non-hydrogen) atoms. The van der Waals surface area contributed by atoms with Crippen LogP contribution in [0.1, 0.15) is 13.3 Å². The Bertz CT molecular complexity index is 479. The van der Waals surface area contributed by atoms with E-state index in [9.17, 15) is 9.59 Å². The van der Waals surface area contributed by atoms with Crippen molar-refractivity contribution in [3.05, 3.63) is 22.7 Å². The summed E-state index contributed by atoms with van der Waals surface area (Å²) in [5.74, 6) is -0.301. The van der Waals surface area contributed by atoms with Crippen LogP contribution in [-0.4, -0.2) is 30.3 Å². The van der Waals surface area contributed by atoms with Gasteiger partial charge in [0, 0.05) is 11.7 Å². The molecule has 0 aliphatic rings. The number of carbonyl (C=O) groups excluding carboxylic acids is 1. The summed E-state index contributed by atoms with van der Waals surface area (Å²) in [5, 5.41) is 13.7. The van der Waals surface area contributed by atoms with Gasteiger partial charge in [0.2, 0.25) is 0 Å². The number of nitrogens with one attached hydrogen (secondary N) is 2. The third-order valence-electron chi connectivity index (χ3n) is 2.27. The number of hydrogen-bond acceptors (Lipinski definition) is 3. The fourth-order valence-corrected chi connectivity index (χ4v) is 1.99. The molecule has 7 heteroatoms. The number of aliphatic carboxylic acids is 1. The predicted octanol–water partition coefficient (Wildman–Crippen LogP) is 2.44. The highest BCUT2D eigenvalue weighted by Gasteiger charge is 2.11. The van der Waals surface area contributed by atoms with Crippen molar-refractivity contribution >= 4 is 33.6 Å². The van der Waals surface area contributed by atoms with Crippen LogP contribution in [0.5, 0.6) is 5.75 Å². The van der Waals surface area contributed by atoms with E-state index < -0.39 is 18.0 Å². The van der Waals surface area contributed by atoms with E-state index in [2.05, 4.69) is 26.6 Å². The molecule has 0 bridgehead atoms. The van der Waals surface area contributed by atoms with Crippen molar-refractivity contribution in [2.75, 3.05) is 12.4 Å². The summed E-state index contributed by atoms with van der Waals surface area (Å²) in [6, 6.07) is 4.19. The van der Waals surface area contributed by atoms with E-state index in [4.69, 9.17) is 9.84 Å². The standard InChI is InChI=1S/C12H15BrN2O4/c1-7(5-11(16)17)14-12(18)15-8-3-4-10(19-2)9(13)6-8/h3-4,6-7H,5H2,1-2H3,(H,16,17)(H2,14,15,18). The van der Waals surface area contributed by atoms with Crippen LogP contribution in [0.2, 0.25) is 0 Å². The minimum atomic E-state index is -0.958. The number of carboxylic acid groups (broad SMARTS) is 1. The Hall–Kier alpha value is -1.76. The summed E-state index contributed by atoms with van der Waals surface area (Å²) in [6.07, 6.45) is -0.125. The first-order chi connectivity index (χ1) is 8.92. The lowest BCUT2D eigenvalue weighted by Crippen LogP contribution is -2.37. The molecule has 1 unspecified atom stereocenters. The molecule has 0 spiro atoms. The summed E-state index contributed by atoms with van der Waals surface area (Å²) < 4.78 is 5.79. The fourth-order valence-electron chi connectivity index (χ4n) is 1.45. The molecule has 6 nitrogen and oxygen atoms in total. The molecule has 3 N–H and O–H groups in total. The quantitative estimate of drug-likeness (QED) is 0.773. The minimum absolute atomic E-state index is 0.125. The molecule has 104 valence electrons. The van der Waals surface area contributed by atoms with Gasteiger partial charge in [0.25, 0.3) is 0 Å². The van der Waals surface area contributed by atoms with E-state index in [-0.39, 0.29) is 6.42 Å². The van der Waals surface area contributed by atoms with Gasteiger partial charge in [-0.05, 0) is 41.1 Å². The van der Waals surface area contributed by atoms with Crippen molar-refractivity contribution < 1.29 is 19.4 Å². The van der Waals surface area contributed by atoms with E-state index in [1.807, 2.05) is 0 Å². The third-order valence-corrected chi connectivity index (χ3v) is 2.89. The van der Waals surface area contributed by atoms with Gasteiger partial charge in [0.05, 0.1) is 18.0 Å². The van der Waals surface area contributed by atoms with Crippen molar-refractivity contribution in [1.82, 2.24) is 5.32 Å². The third kappa shape index (κ3) is 5.17. The zero-order valence-corrected chi connectivity index (χ0v) is 12.2. The highest BCUT2D eigenvalue weighted by molar-refractivity contribution is 9.10. The average Bonchev–Trinajstić information content (AvgIpc) is 2.27. The van der Waals surface area contributed by atoms with Crippen molar-refractivity contribution in [2.24, 2.45) is 0 Å². The Morgan fingerprint density at radius 2 is 2.16 bits per heavy atom. The molecule has 0 aromatic heterocycles. The molecule has 0 saturated heterocycles. The van der Waals surface area contributed by atoms with E-state index in [0.29, 0.717) is 15.9 Å². The molecular weight excluding hydrogens is 316 g/mol. The molecule has 0 heterocycles. The Morgan fingerprint density at radius 1 is 1.47 bits per heavy atom. The van der Waals surface area contributed by atoms with Gasteiger partial charge in [-0.1, -0.05) is 0 Å². The number of anilines is 1. The normalized spacial score (nSPS) is 11.5. The Labute approximate surface area is 119 Å². The molecule has 1 aromatic rings. The van der Waals surface area contributed by atoms with Crippen molar-refractivity contribution in [1.29, 1.82) is 0 Å². The van der Waals surface area contributed by atoms with Gasteiger partial charge >= 0.3 is 12.0 Å². The van der Waals surface area contributed by atoms with E-state index in [0.717, 1.165) is 0 Å². The molecule has 0 saturated carbocycles. The van der Waals surface area contributed by atoms with E-state index in [1.54, 1.807) is 32.2 Å². The van der Waals surface area contributed by atoms with Gasteiger partial charge in [0.1, 0.15) is 5.75 Å². The van der Waals surface area contributed by atoms with Crippen LogP contribution in [0.25, 0.3) is 0 Å². The zero-order chi connectivity index (χ0) is 14.4. The fraction of sp³-hybridized carbons (Fsp3) is 0.333. The molecule has 0 aliphatic heterocycles. The Morgan fingerprint density at radius 3 is 2.68 bits per heavy atom. The van der Waals surface area contributed by atoms with Crippen molar-refractivity contribution in [3.63, 3.8) is 0 Å². The first kappa shape index (κ1) is 15.3. The molecule has 0 fully saturated rings. The largest absolute Gasteiger partial charge is 0.496 e. The van der Waals surface area contributed by atoms with Crippen molar-refractivity contribution in [3.8, 4) is 5.75 Å². The van der Waals surface area contributed by atoms with Crippen LogP contribution >= 0.6 is 15.9 Å². The highest BCUT2D eigenvalue weighted by Crippen LogP contribution is 2.27. The molecule has 1 rings (SSSR count). The number of rotatable bonds is 5. The second-order valence-electron chi connectivity index (χ2n) is 3.95. The number of amides is 2. The Kier molecular flexibility index (Phi) is 5.62. The van der Waals surface area contributed by atoms with Gasteiger partial charge in [-0.2, -0.15) is 0 Å². The lowest BCUT2D eigenvalue weighted by Gasteiger charge is -2.13. The highest BCUT2D eigenvalue weighted by atomic mass is 79.9. The lowest BCUT2D eigenvalue weighted by atomic mass is 10.2. The monoisotopic (exact) mass is 330 g/mol. The predicted molar refractivity (Wildman–Crippen MR) is 74.6 cm³/mol. The number of carboxylic acids is 1. The van der Waals surface area contributed by atoms with E-state index >= 15 is 0 Å². The van der Waals surface area contributed by atoms with Gasteiger partial charge in [0.15, 0.2) is 0 Å². The van der Waals surface area contributed by atoms with Crippen molar-refractivity contribution in [2.45, 2.75) is 19.4 Å². The number of halogens is 1. The van der Waals surface area contributed by atoms with Gasteiger partial charge < -0.3 is 20.5 Å². The second kappa shape index (κ2) is 6.98. The molecule has 0 aliphatic carbocycles. The summed E-state index contributed by atoms with van der Waals surface area (Å²) in [7, 11) is 1.55. The van der Waals surface area contributed by atoms with Gasteiger partial charge in [-0.25, -0.2) is 4.79 Å². The van der Waals surface area contributed by atoms with Gasteiger partial charge in [-0.15, -0.1) is 0 Å². The zero-order valence-electron chi connectivity index (χ0n) is 10.6. The smallest absolute Gasteiger partial charge is 0.319 e. The maximum absolute atomic E-state index is 11.6. The van der Waals surface area contributed by atoms with Crippen LogP contribution in [0.3, 0.4) is 0 Å². The maximum Gasteiger partial charge on any atom is 0.319 e. The lowest BCUT2D eigenvalue weighted by molar-refractivity contribution is -0.137. The minimum Gasteiger partial charge on any atom is -0.496 e. The summed E-state index contributed by atoms with van der Waals surface area (Å²) >= 11 is 3.31. The topological polar surface area (TPSA) is 87.7 Å². The second-order valence-corrected chi connectivity index (χ2v) is 4.80. The van der Waals surface area contributed by atoms with Crippen LogP contribution in [0.4, 0.5) is 10.5 Å². The van der Waals surface area contributed by atoms with Crippen LogP contribution < -0.4 is 15.4 Å². The van der Waals surface area contributed by atoms with Crippen LogP contribution in [-0.2, 0) is 4.79 Å². The van der Waals surface area contributed by atoms with E-state index in [1.165, 1.54) is 0 Å². The first-order valence-corrected chi connectivity index (χ1v) is 6.34. The number of urea groups is 1. The van der Waals surface area contributed by atoms with Gasteiger partial charge in [-0.3, -0.25) is 4.79 Å². The number of ether oxygens (including phenoxy) is 1. The number of methoxy groups -OCH3 is 1.